The zero-order valence-electron chi connectivity index (χ0n) is 14.3. The first-order chi connectivity index (χ1) is 12.5. The number of hydrogen-bond donors (Lipinski definition) is 1. The summed E-state index contributed by atoms with van der Waals surface area (Å²) in [5, 5.41) is 2.24. The van der Waals surface area contributed by atoms with Crippen LogP contribution in [0.25, 0.3) is 0 Å². The third-order valence-corrected chi connectivity index (χ3v) is 4.70. The number of imide groups is 1. The number of rotatable bonds is 2. The number of fused-ring (bicyclic) bond motifs is 1. The lowest BCUT2D eigenvalue weighted by atomic mass is 10.0. The fourth-order valence-electron chi connectivity index (χ4n) is 3.45. The summed E-state index contributed by atoms with van der Waals surface area (Å²) in [6.07, 6.45) is -0.291. The molecule has 2 aromatic carbocycles. The van der Waals surface area contributed by atoms with Crippen LogP contribution in [0.5, 0.6) is 0 Å². The zero-order valence-corrected chi connectivity index (χ0v) is 14.3. The molecular formula is C20H18N2O4. The molecule has 3 amide bonds. The van der Waals surface area contributed by atoms with Gasteiger partial charge in [0.05, 0.1) is 23.8 Å². The van der Waals surface area contributed by atoms with E-state index in [4.69, 9.17) is 4.74 Å². The molecular weight excluding hydrogens is 332 g/mol. The molecule has 2 aliphatic rings. The largest absolute Gasteiger partial charge is 0.367 e. The summed E-state index contributed by atoms with van der Waals surface area (Å²) in [6.45, 7) is 2.85. The van der Waals surface area contributed by atoms with Crippen molar-refractivity contribution in [2.75, 3.05) is 13.1 Å². The smallest absolute Gasteiger partial charge is 0.258 e. The number of carbonyl (C=O) groups excluding carboxylic acids is 3. The lowest BCUT2D eigenvalue weighted by molar-refractivity contribution is -0.0691. The van der Waals surface area contributed by atoms with E-state index < -0.39 is 11.8 Å². The van der Waals surface area contributed by atoms with Gasteiger partial charge in [0.25, 0.3) is 17.7 Å². The van der Waals surface area contributed by atoms with Crippen LogP contribution in [0.15, 0.2) is 48.5 Å². The van der Waals surface area contributed by atoms with E-state index in [9.17, 15) is 14.4 Å². The van der Waals surface area contributed by atoms with Gasteiger partial charge >= 0.3 is 0 Å². The molecule has 0 aliphatic carbocycles. The van der Waals surface area contributed by atoms with Gasteiger partial charge in [-0.05, 0) is 30.7 Å². The van der Waals surface area contributed by atoms with E-state index in [1.165, 1.54) is 12.1 Å². The summed E-state index contributed by atoms with van der Waals surface area (Å²) >= 11 is 0. The molecule has 1 fully saturated rings. The van der Waals surface area contributed by atoms with E-state index in [-0.39, 0.29) is 23.7 Å². The number of carbonyl (C=O) groups is 3. The van der Waals surface area contributed by atoms with Gasteiger partial charge < -0.3 is 9.64 Å². The van der Waals surface area contributed by atoms with Gasteiger partial charge in [0, 0.05) is 12.1 Å². The summed E-state index contributed by atoms with van der Waals surface area (Å²) in [5.41, 5.74) is 1.98. The molecule has 6 heteroatoms. The van der Waals surface area contributed by atoms with Crippen molar-refractivity contribution in [2.24, 2.45) is 0 Å². The van der Waals surface area contributed by atoms with Gasteiger partial charge in [0.1, 0.15) is 6.10 Å². The third kappa shape index (κ3) is 2.88. The molecule has 1 N–H and O–H groups in total. The summed E-state index contributed by atoms with van der Waals surface area (Å²) in [7, 11) is 0. The topological polar surface area (TPSA) is 75.7 Å². The monoisotopic (exact) mass is 350 g/mol. The minimum Gasteiger partial charge on any atom is -0.367 e. The fourth-order valence-corrected chi connectivity index (χ4v) is 3.45. The Labute approximate surface area is 150 Å². The van der Waals surface area contributed by atoms with Crippen molar-refractivity contribution in [1.82, 2.24) is 10.2 Å². The number of nitrogens with zero attached hydrogens (tertiary/aromatic N) is 1. The molecule has 2 heterocycles. The average Bonchev–Trinajstić information content (AvgIpc) is 2.95. The van der Waals surface area contributed by atoms with Crippen LogP contribution >= 0.6 is 0 Å². The van der Waals surface area contributed by atoms with Gasteiger partial charge in [-0.3, -0.25) is 19.7 Å². The predicted molar refractivity (Wildman–Crippen MR) is 93.9 cm³/mol. The van der Waals surface area contributed by atoms with Crippen LogP contribution in [-0.2, 0) is 4.74 Å². The molecule has 0 unspecified atom stereocenters. The number of ether oxygens (including phenoxy) is 1. The Hall–Kier alpha value is -2.99. The van der Waals surface area contributed by atoms with E-state index >= 15 is 0 Å². The van der Waals surface area contributed by atoms with Crippen molar-refractivity contribution in [3.8, 4) is 0 Å². The molecule has 6 nitrogen and oxygen atoms in total. The van der Waals surface area contributed by atoms with Crippen LogP contribution in [0.4, 0.5) is 0 Å². The number of hydrogen-bond acceptors (Lipinski definition) is 4. The lowest BCUT2D eigenvalue weighted by Gasteiger charge is -2.37. The van der Waals surface area contributed by atoms with E-state index in [1.54, 1.807) is 11.0 Å². The Balaban J connectivity index is 1.59. The standard InChI is InChI=1S/C20H18N2O4/c1-12-10-22(11-17(26-12)13-5-3-2-4-6-13)20(25)14-7-8-15-16(9-14)19(24)21-18(15)23/h2-9,12,17H,10-11H2,1H3,(H,21,23,24)/t12-,17-/m0/s1. The Morgan fingerprint density at radius 3 is 2.54 bits per heavy atom. The van der Waals surface area contributed by atoms with Crippen molar-refractivity contribution in [1.29, 1.82) is 0 Å². The maximum atomic E-state index is 13.0. The Kier molecular flexibility index (Phi) is 4.05. The maximum Gasteiger partial charge on any atom is 0.258 e. The quantitative estimate of drug-likeness (QED) is 0.843. The minimum atomic E-state index is -0.461. The van der Waals surface area contributed by atoms with Crippen LogP contribution in [0, 0.1) is 0 Å². The summed E-state index contributed by atoms with van der Waals surface area (Å²) in [5.74, 6) is -1.05. The number of morpholine rings is 1. The van der Waals surface area contributed by atoms with Crippen molar-refractivity contribution in [3.63, 3.8) is 0 Å². The second kappa shape index (κ2) is 6.38. The Bertz CT molecular complexity index is 894. The molecule has 2 aromatic rings. The first kappa shape index (κ1) is 16.5. The average molecular weight is 350 g/mol. The highest BCUT2D eigenvalue weighted by Crippen LogP contribution is 2.27. The second-order valence-electron chi connectivity index (χ2n) is 6.60. The summed E-state index contributed by atoms with van der Waals surface area (Å²) in [4.78, 5) is 38.2. The van der Waals surface area contributed by atoms with Crippen LogP contribution in [0.3, 0.4) is 0 Å². The number of benzene rings is 2. The molecule has 26 heavy (non-hydrogen) atoms. The molecule has 132 valence electrons. The third-order valence-electron chi connectivity index (χ3n) is 4.70. The van der Waals surface area contributed by atoms with Crippen molar-refractivity contribution < 1.29 is 19.1 Å². The molecule has 0 aromatic heterocycles. The van der Waals surface area contributed by atoms with Gasteiger partial charge in [0.15, 0.2) is 0 Å². The predicted octanol–water partition coefficient (Wildman–Crippen LogP) is 2.17. The normalized spacial score (nSPS) is 22.1. The van der Waals surface area contributed by atoms with Crippen molar-refractivity contribution in [3.05, 3.63) is 70.8 Å². The summed E-state index contributed by atoms with van der Waals surface area (Å²) < 4.78 is 5.99. The van der Waals surface area contributed by atoms with Crippen LogP contribution in [-0.4, -0.2) is 41.8 Å². The molecule has 2 atom stereocenters. The van der Waals surface area contributed by atoms with Crippen molar-refractivity contribution in [2.45, 2.75) is 19.1 Å². The van der Waals surface area contributed by atoms with Crippen LogP contribution in [0.2, 0.25) is 0 Å². The lowest BCUT2D eigenvalue weighted by Crippen LogP contribution is -2.46. The van der Waals surface area contributed by atoms with E-state index in [1.807, 2.05) is 37.3 Å². The second-order valence-corrected chi connectivity index (χ2v) is 6.60. The van der Waals surface area contributed by atoms with E-state index in [0.717, 1.165) is 5.56 Å². The molecule has 4 rings (SSSR count). The van der Waals surface area contributed by atoms with Gasteiger partial charge in [-0.25, -0.2) is 0 Å². The molecule has 0 radical (unpaired) electrons. The van der Waals surface area contributed by atoms with Gasteiger partial charge in [-0.15, -0.1) is 0 Å². The molecule has 0 bridgehead atoms. The zero-order chi connectivity index (χ0) is 18.3. The van der Waals surface area contributed by atoms with Crippen LogP contribution in [0.1, 0.15) is 49.7 Å². The number of amides is 3. The first-order valence-electron chi connectivity index (χ1n) is 8.52. The number of nitrogens with one attached hydrogen (secondary N) is 1. The highest BCUT2D eigenvalue weighted by atomic mass is 16.5. The van der Waals surface area contributed by atoms with Crippen molar-refractivity contribution >= 4 is 17.7 Å². The highest BCUT2D eigenvalue weighted by molar-refractivity contribution is 6.22. The van der Waals surface area contributed by atoms with Gasteiger partial charge in [0.2, 0.25) is 0 Å². The molecule has 0 saturated carbocycles. The van der Waals surface area contributed by atoms with Gasteiger partial charge in [-0.2, -0.15) is 0 Å². The molecule has 1 saturated heterocycles. The first-order valence-corrected chi connectivity index (χ1v) is 8.52. The fraction of sp³-hybridized carbons (Fsp3) is 0.250. The van der Waals surface area contributed by atoms with E-state index in [2.05, 4.69) is 5.32 Å². The molecule has 2 aliphatic heterocycles. The Morgan fingerprint density at radius 2 is 1.77 bits per heavy atom. The minimum absolute atomic E-state index is 0.0998. The van der Waals surface area contributed by atoms with E-state index in [0.29, 0.717) is 24.2 Å². The maximum absolute atomic E-state index is 13.0. The Morgan fingerprint density at radius 1 is 1.04 bits per heavy atom. The SMILES string of the molecule is C[C@H]1CN(C(=O)c2ccc3c(c2)C(=O)NC3=O)C[C@@H](c2ccccc2)O1. The highest BCUT2D eigenvalue weighted by Gasteiger charge is 2.32. The van der Waals surface area contributed by atoms with Gasteiger partial charge in [-0.1, -0.05) is 30.3 Å². The van der Waals surface area contributed by atoms with Crippen LogP contribution < -0.4 is 5.32 Å². The molecule has 0 spiro atoms. The summed E-state index contributed by atoms with van der Waals surface area (Å²) in [6, 6.07) is 14.4.